The van der Waals surface area contributed by atoms with Crippen molar-refractivity contribution in [3.05, 3.63) is 117 Å². The van der Waals surface area contributed by atoms with Gasteiger partial charge in [-0.05, 0) is 35.5 Å². The van der Waals surface area contributed by atoms with Crippen molar-refractivity contribution < 1.29 is 28.7 Å². The predicted octanol–water partition coefficient (Wildman–Crippen LogP) is 5.64. The van der Waals surface area contributed by atoms with Crippen LogP contribution in [0.4, 0.5) is 5.00 Å². The smallest absolute Gasteiger partial charge is 0.239 e. The van der Waals surface area contributed by atoms with Gasteiger partial charge in [-0.1, -0.05) is 72.5 Å². The van der Waals surface area contributed by atoms with Crippen LogP contribution in [-0.4, -0.2) is 65.8 Å². The maximum absolute atomic E-state index is 13.3. The largest absolute Gasteiger partial charge is 0.506 e. The van der Waals surface area contributed by atoms with Gasteiger partial charge in [0.1, 0.15) is 25.6 Å². The van der Waals surface area contributed by atoms with Crippen molar-refractivity contribution in [2.75, 3.05) is 44.4 Å². The fourth-order valence-electron chi connectivity index (χ4n) is 5.04. The Hall–Kier alpha value is -4.64. The van der Waals surface area contributed by atoms with Gasteiger partial charge in [0.15, 0.2) is 13.1 Å². The van der Waals surface area contributed by atoms with Gasteiger partial charge in [0.05, 0.1) is 22.8 Å². The summed E-state index contributed by atoms with van der Waals surface area (Å²) in [6, 6.07) is 23.7. The van der Waals surface area contributed by atoms with E-state index in [1.165, 1.54) is 23.1 Å². The molecule has 1 N–H and O–H groups in total. The van der Waals surface area contributed by atoms with Crippen LogP contribution in [0.25, 0.3) is 5.57 Å². The Kier molecular flexibility index (Phi) is 11.4. The number of carbonyl (C=O) groups excluding carboxylic acids is 2. The highest BCUT2D eigenvalue weighted by Crippen LogP contribution is 2.42. The van der Waals surface area contributed by atoms with Crippen LogP contribution in [0.15, 0.2) is 101 Å². The van der Waals surface area contributed by atoms with E-state index in [2.05, 4.69) is 21.3 Å². The molecule has 0 atom stereocenters. The molecule has 0 saturated carbocycles. The molecule has 7 nitrogen and oxygen atoms in total. The Morgan fingerprint density at radius 2 is 1.46 bits per heavy atom. The summed E-state index contributed by atoms with van der Waals surface area (Å²) in [7, 11) is 0. The molecule has 1 aliphatic carbocycles. The number of Topliss-reactive ketones (excluding diaryl/α,β-unsaturated/α-hetero) is 2. The predicted molar refractivity (Wildman–Crippen MR) is 185 cm³/mol. The van der Waals surface area contributed by atoms with Crippen LogP contribution in [0, 0.1) is 24.7 Å². The maximum atomic E-state index is 13.3. The van der Waals surface area contributed by atoms with E-state index in [0.29, 0.717) is 49.2 Å². The molecule has 9 heteroatoms. The van der Waals surface area contributed by atoms with Gasteiger partial charge in [0, 0.05) is 34.5 Å². The first-order chi connectivity index (χ1) is 22.5. The minimum absolute atomic E-state index is 0.0262. The minimum atomic E-state index is -0.716. The minimum Gasteiger partial charge on any atom is -0.506 e. The first kappa shape index (κ1) is 32.7. The van der Waals surface area contributed by atoms with Crippen LogP contribution >= 0.6 is 23.1 Å². The highest BCUT2D eigenvalue weighted by molar-refractivity contribution is 8.18. The summed E-state index contributed by atoms with van der Waals surface area (Å²) in [5.41, 5.74) is 2.27. The average molecular weight is 650 g/mol. The average Bonchev–Trinajstić information content (AvgIpc) is 3.80. The molecule has 1 aromatic heterocycles. The molecular weight excluding hydrogens is 617 g/mol. The van der Waals surface area contributed by atoms with Crippen molar-refractivity contribution in [3.8, 4) is 24.7 Å². The van der Waals surface area contributed by atoms with E-state index < -0.39 is 11.6 Å². The molecule has 2 aromatic carbocycles. The van der Waals surface area contributed by atoms with Crippen LogP contribution < -0.4 is 4.90 Å². The number of hydrogen-bond donors (Lipinski definition) is 1. The molecular formula is C37H33N2O5S2+. The molecule has 2 aliphatic rings. The van der Waals surface area contributed by atoms with E-state index in [-0.39, 0.29) is 30.1 Å². The fraction of sp³-hybridized carbons (Fsp3) is 0.216. The monoisotopic (exact) mass is 649 g/mol. The highest BCUT2D eigenvalue weighted by Gasteiger charge is 2.41. The molecule has 0 amide bonds. The normalized spacial score (nSPS) is 17.0. The second kappa shape index (κ2) is 16.1. The number of thiophene rings is 1. The highest BCUT2D eigenvalue weighted by atomic mass is 32.2. The number of aliphatic hydroxyl groups is 1. The summed E-state index contributed by atoms with van der Waals surface area (Å²) >= 11 is 2.69. The molecule has 0 unspecified atom stereocenters. The molecule has 0 fully saturated rings. The Labute approximate surface area is 277 Å². The van der Waals surface area contributed by atoms with Crippen molar-refractivity contribution in [1.29, 1.82) is 0 Å². The van der Waals surface area contributed by atoms with Crippen LogP contribution in [-0.2, 0) is 32.2 Å². The summed E-state index contributed by atoms with van der Waals surface area (Å²) in [5, 5.41) is 13.1. The molecule has 1 aliphatic heterocycles. The van der Waals surface area contributed by atoms with Crippen molar-refractivity contribution >= 4 is 50.3 Å². The zero-order chi connectivity index (χ0) is 32.3. The number of nitrogens with zero attached hydrogens (tertiary/aromatic N) is 2. The van der Waals surface area contributed by atoms with Crippen LogP contribution in [0.3, 0.4) is 0 Å². The van der Waals surface area contributed by atoms with Crippen molar-refractivity contribution in [3.63, 3.8) is 0 Å². The number of benzene rings is 2. The van der Waals surface area contributed by atoms with Gasteiger partial charge >= 0.3 is 0 Å². The van der Waals surface area contributed by atoms with E-state index >= 15 is 0 Å². The summed E-state index contributed by atoms with van der Waals surface area (Å²) in [5.74, 6) is 3.23. The number of thioether (sulfide) groups is 1. The number of hydrogen-bond acceptors (Lipinski definition) is 8. The topological polar surface area (TPSA) is 79.1 Å². The van der Waals surface area contributed by atoms with E-state index in [1.54, 1.807) is 12.1 Å². The van der Waals surface area contributed by atoms with Gasteiger partial charge in [0.25, 0.3) is 0 Å². The number of rotatable bonds is 14. The lowest BCUT2D eigenvalue weighted by Crippen LogP contribution is -2.26. The Bertz CT molecular complexity index is 1790. The van der Waals surface area contributed by atoms with E-state index in [1.807, 2.05) is 72.8 Å². The number of aliphatic hydroxyl groups excluding tert-OH is 1. The van der Waals surface area contributed by atoms with Gasteiger partial charge in [-0.25, -0.2) is 4.58 Å². The summed E-state index contributed by atoms with van der Waals surface area (Å²) < 4.78 is 13.2. The third-order valence-corrected chi connectivity index (χ3v) is 9.58. The van der Waals surface area contributed by atoms with Crippen molar-refractivity contribution in [2.45, 2.75) is 13.1 Å². The number of ketones is 2. The number of anilines is 1. The lowest BCUT2D eigenvalue weighted by Gasteiger charge is -2.23. The third-order valence-electron chi connectivity index (χ3n) is 7.25. The fourth-order valence-corrected chi connectivity index (χ4v) is 7.19. The molecule has 232 valence electrons. The molecule has 2 heterocycles. The Morgan fingerprint density at radius 3 is 2.15 bits per heavy atom. The lowest BCUT2D eigenvalue weighted by molar-refractivity contribution is -0.543. The zero-order valence-electron chi connectivity index (χ0n) is 25.2. The Morgan fingerprint density at radius 1 is 0.804 bits per heavy atom. The Balaban J connectivity index is 1.41. The molecule has 5 rings (SSSR count). The standard InChI is InChI=1S/C37H32N2O5S2/c1-3-21-43-23-19-38(25-27-11-7-5-8-12-27)31-17-15-29(45-31)33-35(40)34(37(42)36(33)41)30-16-18-32(46-30)39(20-24-44-22-4-2)26-28-13-9-6-10-14-28/h1-2,5-18H,19-26H2/p+1. The summed E-state index contributed by atoms with van der Waals surface area (Å²) in [4.78, 5) is 29.8. The molecule has 46 heavy (non-hydrogen) atoms. The van der Waals surface area contributed by atoms with E-state index in [4.69, 9.17) is 22.3 Å². The van der Waals surface area contributed by atoms with Crippen LogP contribution in [0.1, 0.15) is 16.0 Å². The zero-order valence-corrected chi connectivity index (χ0v) is 26.8. The van der Waals surface area contributed by atoms with Gasteiger partial charge in [-0.2, -0.15) is 0 Å². The molecule has 0 saturated heterocycles. The third kappa shape index (κ3) is 7.95. The molecule has 0 bridgehead atoms. The number of ether oxygens (including phenoxy) is 2. The summed E-state index contributed by atoms with van der Waals surface area (Å²) in [6.07, 6.45) is 14.3. The van der Waals surface area contributed by atoms with Gasteiger partial charge < -0.3 is 19.5 Å². The van der Waals surface area contributed by atoms with Crippen molar-refractivity contribution in [1.82, 2.24) is 0 Å². The first-order valence-corrected chi connectivity index (χ1v) is 16.3. The number of carbonyl (C=O) groups is 2. The van der Waals surface area contributed by atoms with E-state index in [9.17, 15) is 14.7 Å². The van der Waals surface area contributed by atoms with Gasteiger partial charge in [0.2, 0.25) is 16.6 Å². The molecule has 0 spiro atoms. The number of allylic oxidation sites excluding steroid dienone is 3. The van der Waals surface area contributed by atoms with Crippen LogP contribution in [0.5, 0.6) is 0 Å². The van der Waals surface area contributed by atoms with Gasteiger partial charge in [-0.15, -0.1) is 24.2 Å². The van der Waals surface area contributed by atoms with Crippen LogP contribution in [0.2, 0.25) is 0 Å². The van der Waals surface area contributed by atoms with Gasteiger partial charge in [-0.3, -0.25) is 9.59 Å². The second-order valence-electron chi connectivity index (χ2n) is 10.4. The maximum Gasteiger partial charge on any atom is 0.239 e. The summed E-state index contributed by atoms with van der Waals surface area (Å²) in [6.45, 7) is 3.64. The first-order valence-electron chi connectivity index (χ1n) is 14.7. The molecule has 0 radical (unpaired) electrons. The SMILES string of the molecule is C#CCOCCN(Cc1ccccc1)c1ccc(C2=C(O)/C(=C3\C=CC(=[N+](CCOCC#C)Cc4ccccc4)S3)C(=O)C2=O)s1. The molecule has 3 aromatic rings. The quantitative estimate of drug-likeness (QED) is 0.0796. The second-order valence-corrected chi connectivity index (χ2v) is 12.5. The van der Waals surface area contributed by atoms with E-state index in [0.717, 1.165) is 21.2 Å². The lowest BCUT2D eigenvalue weighted by atomic mass is 10.1. The number of terminal acetylenes is 2. The van der Waals surface area contributed by atoms with Crippen molar-refractivity contribution in [2.24, 2.45) is 0 Å².